The normalized spacial score (nSPS) is 19.3. The number of rotatable bonds is 7. The monoisotopic (exact) mass is 446 g/mol. The van der Waals surface area contributed by atoms with Crippen LogP contribution in [0.2, 0.25) is 0 Å². The summed E-state index contributed by atoms with van der Waals surface area (Å²) in [6.45, 7) is 5.20. The van der Waals surface area contributed by atoms with Gasteiger partial charge >= 0.3 is 6.09 Å². The molecule has 8 heteroatoms. The molecule has 176 valence electrons. The van der Waals surface area contributed by atoms with Crippen molar-refractivity contribution in [1.82, 2.24) is 10.6 Å². The van der Waals surface area contributed by atoms with E-state index in [2.05, 4.69) is 10.6 Å². The largest absolute Gasteiger partial charge is 0.445 e. The molecule has 1 heterocycles. The van der Waals surface area contributed by atoms with Crippen LogP contribution in [0.25, 0.3) is 0 Å². The lowest BCUT2D eigenvalue weighted by Gasteiger charge is -2.23. The van der Waals surface area contributed by atoms with Gasteiger partial charge in [0.2, 0.25) is 5.78 Å². The molecule has 2 amide bonds. The Bertz CT molecular complexity index is 765. The van der Waals surface area contributed by atoms with Crippen LogP contribution in [0.5, 0.6) is 0 Å². The van der Waals surface area contributed by atoms with Crippen LogP contribution in [0.3, 0.4) is 0 Å². The molecule has 2 atom stereocenters. The van der Waals surface area contributed by atoms with E-state index < -0.39 is 29.7 Å². The van der Waals surface area contributed by atoms with Gasteiger partial charge in [0.15, 0.2) is 5.78 Å². The summed E-state index contributed by atoms with van der Waals surface area (Å²) in [6.07, 6.45) is 1.69. The van der Waals surface area contributed by atoms with Gasteiger partial charge in [0.1, 0.15) is 6.61 Å². The van der Waals surface area contributed by atoms with Crippen molar-refractivity contribution in [3.63, 3.8) is 0 Å². The maximum absolute atomic E-state index is 13.0. The van der Waals surface area contributed by atoms with Crippen molar-refractivity contribution in [2.45, 2.75) is 58.6 Å². The fourth-order valence-electron chi connectivity index (χ4n) is 3.54. The van der Waals surface area contributed by atoms with Crippen LogP contribution in [0.15, 0.2) is 30.3 Å². The highest BCUT2D eigenvalue weighted by atomic mass is 16.5. The summed E-state index contributed by atoms with van der Waals surface area (Å²) >= 11 is 0. The van der Waals surface area contributed by atoms with Crippen LogP contribution in [-0.2, 0) is 30.5 Å². The number of ketones is 2. The summed E-state index contributed by atoms with van der Waals surface area (Å²) in [6, 6.07) is 8.42. The van der Waals surface area contributed by atoms with Crippen LogP contribution in [0.4, 0.5) is 4.79 Å². The second-order valence-corrected chi connectivity index (χ2v) is 8.38. The number of hydrogen-bond acceptors (Lipinski definition) is 6. The lowest BCUT2D eigenvalue weighted by atomic mass is 9.87. The molecule has 0 bridgehead atoms. The Kier molecular flexibility index (Phi) is 10.9. The van der Waals surface area contributed by atoms with Gasteiger partial charge in [-0.1, -0.05) is 44.2 Å². The maximum atomic E-state index is 13.0. The van der Waals surface area contributed by atoms with Crippen LogP contribution in [0.1, 0.15) is 51.5 Å². The minimum atomic E-state index is -0.813. The van der Waals surface area contributed by atoms with E-state index >= 15 is 0 Å². The molecular formula is C24H34N2O6. The highest BCUT2D eigenvalue weighted by Gasteiger charge is 2.32. The minimum absolute atomic E-state index is 0.0902. The van der Waals surface area contributed by atoms with Gasteiger partial charge in [-0.15, -0.1) is 0 Å². The molecular weight excluding hydrogens is 412 g/mol. The molecule has 2 rings (SSSR count). The zero-order valence-corrected chi connectivity index (χ0v) is 18.9. The van der Waals surface area contributed by atoms with Crippen molar-refractivity contribution >= 4 is 23.6 Å². The van der Waals surface area contributed by atoms with Crippen molar-refractivity contribution in [2.75, 3.05) is 19.8 Å². The predicted octanol–water partition coefficient (Wildman–Crippen LogP) is 2.79. The van der Waals surface area contributed by atoms with E-state index in [1.54, 1.807) is 0 Å². The molecule has 1 aromatic rings. The van der Waals surface area contributed by atoms with E-state index in [9.17, 15) is 19.2 Å². The Balaban J connectivity index is 1.97. The smallest absolute Gasteiger partial charge is 0.408 e. The Morgan fingerprint density at radius 3 is 2.56 bits per heavy atom. The number of Topliss-reactive ketones (excluding diaryl/α,β-unsaturated/α-hetero) is 2. The third-order valence-electron chi connectivity index (χ3n) is 5.38. The number of benzene rings is 1. The molecule has 0 aliphatic carbocycles. The molecule has 1 aromatic carbocycles. The standard InChI is InChI=1S/C24H34N2O6/c1-17(2)21(26-24(30)32-16-18-9-4-3-5-10-18)20(27)15-19-11-8-14-31-13-7-6-12-25-23(29)22(19)28/h3-5,9-10,17,19,21H,6-8,11-16H2,1-2H3,(H,25,29)(H,26,30). The summed E-state index contributed by atoms with van der Waals surface area (Å²) < 4.78 is 10.8. The van der Waals surface area contributed by atoms with Gasteiger partial charge in [0.05, 0.1) is 6.04 Å². The second-order valence-electron chi connectivity index (χ2n) is 8.38. The van der Waals surface area contributed by atoms with Crippen LogP contribution < -0.4 is 10.6 Å². The first-order chi connectivity index (χ1) is 15.4. The van der Waals surface area contributed by atoms with Crippen molar-refractivity contribution in [2.24, 2.45) is 11.8 Å². The topological polar surface area (TPSA) is 111 Å². The molecule has 0 saturated carbocycles. The first-order valence-corrected chi connectivity index (χ1v) is 11.3. The summed E-state index contributed by atoms with van der Waals surface area (Å²) in [5, 5.41) is 5.25. The lowest BCUT2D eigenvalue weighted by Crippen LogP contribution is -2.46. The second kappa shape index (κ2) is 13.6. The van der Waals surface area contributed by atoms with Crippen molar-refractivity contribution in [3.05, 3.63) is 35.9 Å². The third-order valence-corrected chi connectivity index (χ3v) is 5.38. The molecule has 1 aliphatic heterocycles. The molecule has 0 radical (unpaired) electrons. The fraction of sp³-hybridized carbons (Fsp3) is 0.583. The average Bonchev–Trinajstić information content (AvgIpc) is 2.78. The first kappa shape index (κ1) is 25.5. The molecule has 32 heavy (non-hydrogen) atoms. The number of hydrogen-bond donors (Lipinski definition) is 2. The number of nitrogens with one attached hydrogen (secondary N) is 2. The van der Waals surface area contributed by atoms with Crippen LogP contribution >= 0.6 is 0 Å². The van der Waals surface area contributed by atoms with Crippen molar-refractivity contribution < 1.29 is 28.7 Å². The van der Waals surface area contributed by atoms with E-state index in [4.69, 9.17) is 9.47 Å². The number of amides is 2. The van der Waals surface area contributed by atoms with Gasteiger partial charge in [-0.3, -0.25) is 14.4 Å². The highest BCUT2D eigenvalue weighted by molar-refractivity contribution is 6.37. The molecule has 1 aliphatic rings. The number of carbonyl (C=O) groups is 4. The summed E-state index contributed by atoms with van der Waals surface area (Å²) in [4.78, 5) is 50.2. The molecule has 1 fully saturated rings. The predicted molar refractivity (Wildman–Crippen MR) is 119 cm³/mol. The van der Waals surface area contributed by atoms with Crippen molar-refractivity contribution in [3.8, 4) is 0 Å². The Morgan fingerprint density at radius 2 is 1.84 bits per heavy atom. The highest BCUT2D eigenvalue weighted by Crippen LogP contribution is 2.18. The summed E-state index contributed by atoms with van der Waals surface area (Å²) in [5.74, 6) is -2.48. The Hall–Kier alpha value is -2.74. The molecule has 2 N–H and O–H groups in total. The zero-order chi connectivity index (χ0) is 23.3. The first-order valence-electron chi connectivity index (χ1n) is 11.3. The Morgan fingerprint density at radius 1 is 1.12 bits per heavy atom. The molecule has 8 nitrogen and oxygen atoms in total. The van der Waals surface area contributed by atoms with E-state index in [1.165, 1.54) is 0 Å². The molecule has 2 unspecified atom stereocenters. The maximum Gasteiger partial charge on any atom is 0.408 e. The summed E-state index contributed by atoms with van der Waals surface area (Å²) in [7, 11) is 0. The average molecular weight is 447 g/mol. The van der Waals surface area contributed by atoms with E-state index in [0.717, 1.165) is 18.4 Å². The molecule has 0 spiro atoms. The third kappa shape index (κ3) is 8.78. The van der Waals surface area contributed by atoms with Gasteiger partial charge in [-0.2, -0.15) is 0 Å². The quantitative estimate of drug-likeness (QED) is 0.623. The number of carbonyl (C=O) groups excluding carboxylic acids is 4. The van der Waals surface area contributed by atoms with Gasteiger partial charge in [0.25, 0.3) is 5.91 Å². The number of alkyl carbamates (subject to hydrolysis) is 1. The molecule has 0 aromatic heterocycles. The van der Waals surface area contributed by atoms with Gasteiger partial charge in [-0.25, -0.2) is 4.79 Å². The van der Waals surface area contributed by atoms with E-state index in [1.807, 2.05) is 44.2 Å². The number of ether oxygens (including phenoxy) is 2. The van der Waals surface area contributed by atoms with Crippen LogP contribution in [0, 0.1) is 11.8 Å². The SMILES string of the molecule is CC(C)C(NC(=O)OCc1ccccc1)C(=O)CC1CCCOCCCCNC(=O)C1=O. The van der Waals surface area contributed by atoms with Gasteiger partial charge in [0, 0.05) is 32.1 Å². The van der Waals surface area contributed by atoms with Crippen molar-refractivity contribution in [1.29, 1.82) is 0 Å². The summed E-state index contributed by atoms with van der Waals surface area (Å²) in [5.41, 5.74) is 0.835. The Labute approximate surface area is 189 Å². The zero-order valence-electron chi connectivity index (χ0n) is 18.9. The molecule has 1 saturated heterocycles. The minimum Gasteiger partial charge on any atom is -0.445 e. The van der Waals surface area contributed by atoms with E-state index in [0.29, 0.717) is 32.6 Å². The van der Waals surface area contributed by atoms with Crippen LogP contribution in [-0.4, -0.2) is 49.4 Å². The lowest BCUT2D eigenvalue weighted by molar-refractivity contribution is -0.141. The van der Waals surface area contributed by atoms with E-state index in [-0.39, 0.29) is 24.7 Å². The fourth-order valence-corrected chi connectivity index (χ4v) is 3.54. The van der Waals surface area contributed by atoms with Gasteiger partial charge in [-0.05, 0) is 37.2 Å². The van der Waals surface area contributed by atoms with Gasteiger partial charge < -0.3 is 20.1 Å².